The van der Waals surface area contributed by atoms with Gasteiger partial charge in [-0.15, -0.1) is 0 Å². The van der Waals surface area contributed by atoms with Crippen molar-refractivity contribution >= 4 is 11.9 Å². The second-order valence-corrected chi connectivity index (χ2v) is 5.50. The molecule has 2 rings (SSSR count). The van der Waals surface area contributed by atoms with Gasteiger partial charge in [0.1, 0.15) is 13.2 Å². The Morgan fingerprint density at radius 1 is 1.04 bits per heavy atom. The topological polar surface area (TPSA) is 122 Å². The van der Waals surface area contributed by atoms with Gasteiger partial charge in [0.2, 0.25) is 5.91 Å². The molecule has 0 saturated carbocycles. The van der Waals surface area contributed by atoms with Crippen LogP contribution in [0.3, 0.4) is 0 Å². The van der Waals surface area contributed by atoms with E-state index in [9.17, 15) is 19.8 Å². The highest BCUT2D eigenvalue weighted by Crippen LogP contribution is 2.25. The number of nitrogens with two attached hydrogens (primary N) is 1. The first-order valence-corrected chi connectivity index (χ1v) is 7.69. The zero-order chi connectivity index (χ0) is 18.2. The Kier molecular flexibility index (Phi) is 6.36. The summed E-state index contributed by atoms with van der Waals surface area (Å²) in [6, 6.07) is 12.5. The van der Waals surface area contributed by atoms with E-state index >= 15 is 0 Å². The molecule has 2 aromatic rings. The Bertz CT molecular complexity index is 734. The second-order valence-electron chi connectivity index (χ2n) is 5.50. The lowest BCUT2D eigenvalue weighted by Crippen LogP contribution is -2.44. The molecule has 7 nitrogen and oxygen atoms in total. The number of hydrogen-bond donors (Lipinski definition) is 4. The lowest BCUT2D eigenvalue weighted by Gasteiger charge is -2.12. The molecule has 2 aromatic carbocycles. The molecule has 0 aliphatic heterocycles. The number of amides is 1. The van der Waals surface area contributed by atoms with Gasteiger partial charge in [0.15, 0.2) is 11.5 Å². The molecule has 0 radical (unpaired) electrons. The maximum atomic E-state index is 11.9. The van der Waals surface area contributed by atoms with Crippen molar-refractivity contribution in [3.63, 3.8) is 0 Å². The number of esters is 1. The van der Waals surface area contributed by atoms with Gasteiger partial charge in [-0.3, -0.25) is 9.59 Å². The van der Waals surface area contributed by atoms with Gasteiger partial charge in [-0.05, 0) is 29.7 Å². The lowest BCUT2D eigenvalue weighted by molar-refractivity contribution is -0.145. The van der Waals surface area contributed by atoms with Crippen LogP contribution in [0.5, 0.6) is 11.5 Å². The van der Waals surface area contributed by atoms with Crippen LogP contribution in [-0.4, -0.2) is 34.7 Å². The van der Waals surface area contributed by atoms with Crippen molar-refractivity contribution in [1.82, 2.24) is 5.32 Å². The number of rotatable bonds is 7. The minimum absolute atomic E-state index is 0.133. The molecule has 1 atom stereocenters. The third-order valence-corrected chi connectivity index (χ3v) is 3.48. The smallest absolute Gasteiger partial charge is 0.325 e. The van der Waals surface area contributed by atoms with E-state index in [0.717, 1.165) is 5.56 Å². The number of benzene rings is 2. The highest BCUT2D eigenvalue weighted by atomic mass is 16.5. The molecule has 0 aliphatic rings. The van der Waals surface area contributed by atoms with Crippen LogP contribution in [0.4, 0.5) is 0 Å². The molecule has 0 unspecified atom stereocenters. The Hall–Kier alpha value is -3.06. The van der Waals surface area contributed by atoms with Gasteiger partial charge in [-0.2, -0.15) is 0 Å². The average molecular weight is 344 g/mol. The molecule has 0 bridgehead atoms. The molecule has 0 heterocycles. The molecule has 0 spiro atoms. The molecule has 5 N–H and O–H groups in total. The first-order valence-electron chi connectivity index (χ1n) is 7.69. The van der Waals surface area contributed by atoms with Crippen LogP contribution in [0.2, 0.25) is 0 Å². The number of nitrogens with one attached hydrogen (secondary N) is 1. The Balaban J connectivity index is 1.74. The largest absolute Gasteiger partial charge is 0.504 e. The summed E-state index contributed by atoms with van der Waals surface area (Å²) in [4.78, 5) is 23.6. The van der Waals surface area contributed by atoms with Crippen molar-refractivity contribution < 1.29 is 24.5 Å². The van der Waals surface area contributed by atoms with Crippen molar-refractivity contribution in [2.24, 2.45) is 5.73 Å². The number of aromatic hydroxyl groups is 2. The molecule has 0 aliphatic carbocycles. The van der Waals surface area contributed by atoms with E-state index < -0.39 is 17.9 Å². The van der Waals surface area contributed by atoms with Crippen LogP contribution >= 0.6 is 0 Å². The summed E-state index contributed by atoms with van der Waals surface area (Å²) in [6.45, 7) is -0.144. The van der Waals surface area contributed by atoms with Gasteiger partial charge >= 0.3 is 5.97 Å². The average Bonchev–Trinajstić information content (AvgIpc) is 2.61. The fourth-order valence-corrected chi connectivity index (χ4v) is 2.12. The van der Waals surface area contributed by atoms with Crippen molar-refractivity contribution in [3.8, 4) is 11.5 Å². The molecule has 25 heavy (non-hydrogen) atoms. The van der Waals surface area contributed by atoms with E-state index in [2.05, 4.69) is 5.32 Å². The molecular weight excluding hydrogens is 324 g/mol. The van der Waals surface area contributed by atoms with Crippen molar-refractivity contribution in [2.45, 2.75) is 19.1 Å². The van der Waals surface area contributed by atoms with Gasteiger partial charge in [0.05, 0.1) is 6.04 Å². The van der Waals surface area contributed by atoms with Gasteiger partial charge in [0, 0.05) is 0 Å². The van der Waals surface area contributed by atoms with Crippen LogP contribution in [0.25, 0.3) is 0 Å². The molecule has 0 saturated heterocycles. The van der Waals surface area contributed by atoms with E-state index in [1.807, 2.05) is 30.3 Å². The van der Waals surface area contributed by atoms with Crippen LogP contribution in [-0.2, 0) is 27.4 Å². The van der Waals surface area contributed by atoms with Crippen LogP contribution in [0.15, 0.2) is 48.5 Å². The quantitative estimate of drug-likeness (QED) is 0.436. The van der Waals surface area contributed by atoms with E-state index in [-0.39, 0.29) is 31.1 Å². The number of carbonyl (C=O) groups excluding carboxylic acids is 2. The summed E-state index contributed by atoms with van der Waals surface area (Å²) in [7, 11) is 0. The highest BCUT2D eigenvalue weighted by molar-refractivity contribution is 5.85. The molecule has 7 heteroatoms. The fraction of sp³-hybridized carbons (Fsp3) is 0.222. The van der Waals surface area contributed by atoms with E-state index in [4.69, 9.17) is 10.5 Å². The predicted molar refractivity (Wildman–Crippen MR) is 90.7 cm³/mol. The van der Waals surface area contributed by atoms with E-state index in [0.29, 0.717) is 5.56 Å². The summed E-state index contributed by atoms with van der Waals surface area (Å²) < 4.78 is 5.05. The monoisotopic (exact) mass is 344 g/mol. The molecule has 1 amide bonds. The number of phenolic OH excluding ortho intramolecular Hbond substituents is 2. The van der Waals surface area contributed by atoms with Crippen molar-refractivity contribution in [2.75, 3.05) is 6.54 Å². The minimum atomic E-state index is -0.897. The standard InChI is InChI=1S/C18H20N2O5/c19-14(8-13-6-7-15(21)16(22)9-13)18(24)20-10-17(23)25-11-12-4-2-1-3-5-12/h1-7,9,14,21-22H,8,10-11,19H2,(H,20,24)/t14-/m0/s1. The fourth-order valence-electron chi connectivity index (χ4n) is 2.12. The first-order chi connectivity index (χ1) is 12.0. The Morgan fingerprint density at radius 3 is 2.44 bits per heavy atom. The molecule has 132 valence electrons. The maximum Gasteiger partial charge on any atom is 0.325 e. The summed E-state index contributed by atoms with van der Waals surface area (Å²) in [5.41, 5.74) is 7.22. The third-order valence-electron chi connectivity index (χ3n) is 3.48. The molecule has 0 fully saturated rings. The zero-order valence-corrected chi connectivity index (χ0v) is 13.5. The number of carbonyl (C=O) groups is 2. The summed E-state index contributed by atoms with van der Waals surface area (Å²) in [5.74, 6) is -1.60. The van der Waals surface area contributed by atoms with Crippen LogP contribution in [0.1, 0.15) is 11.1 Å². The number of hydrogen-bond acceptors (Lipinski definition) is 6. The minimum Gasteiger partial charge on any atom is -0.504 e. The Morgan fingerprint density at radius 2 is 1.76 bits per heavy atom. The summed E-state index contributed by atoms with van der Waals surface area (Å²) >= 11 is 0. The summed E-state index contributed by atoms with van der Waals surface area (Å²) in [6.07, 6.45) is 0.152. The first kappa shape index (κ1) is 18.3. The summed E-state index contributed by atoms with van der Waals surface area (Å²) in [5, 5.41) is 21.1. The predicted octanol–water partition coefficient (Wildman–Crippen LogP) is 0.827. The van der Waals surface area contributed by atoms with Gasteiger partial charge in [-0.25, -0.2) is 0 Å². The normalized spacial score (nSPS) is 11.6. The van der Waals surface area contributed by atoms with Gasteiger partial charge in [-0.1, -0.05) is 36.4 Å². The molecule has 0 aromatic heterocycles. The SMILES string of the molecule is N[C@@H](Cc1ccc(O)c(O)c1)C(=O)NCC(=O)OCc1ccccc1. The molecular formula is C18H20N2O5. The lowest BCUT2D eigenvalue weighted by atomic mass is 10.1. The third kappa shape index (κ3) is 5.82. The zero-order valence-electron chi connectivity index (χ0n) is 13.5. The highest BCUT2D eigenvalue weighted by Gasteiger charge is 2.16. The Labute approximate surface area is 145 Å². The number of ether oxygens (including phenoxy) is 1. The van der Waals surface area contributed by atoms with Gasteiger partial charge < -0.3 is 26.0 Å². The second kappa shape index (κ2) is 8.70. The van der Waals surface area contributed by atoms with Crippen LogP contribution < -0.4 is 11.1 Å². The van der Waals surface area contributed by atoms with Crippen molar-refractivity contribution in [3.05, 3.63) is 59.7 Å². The maximum absolute atomic E-state index is 11.9. The van der Waals surface area contributed by atoms with E-state index in [1.54, 1.807) is 6.07 Å². The van der Waals surface area contributed by atoms with E-state index in [1.165, 1.54) is 12.1 Å². The van der Waals surface area contributed by atoms with Gasteiger partial charge in [0.25, 0.3) is 0 Å². The van der Waals surface area contributed by atoms with Crippen molar-refractivity contribution in [1.29, 1.82) is 0 Å². The van der Waals surface area contributed by atoms with Crippen LogP contribution in [0, 0.1) is 0 Å². The number of phenols is 2.